The zero-order valence-electron chi connectivity index (χ0n) is 11.0. The Labute approximate surface area is 117 Å². The number of carbonyl (C=O) groups excluding carboxylic acids is 1. The molecule has 1 unspecified atom stereocenters. The molecule has 1 N–H and O–H groups in total. The van der Waals surface area contributed by atoms with E-state index in [0.717, 1.165) is 19.3 Å². The van der Waals surface area contributed by atoms with Gasteiger partial charge in [0.05, 0.1) is 4.92 Å². The lowest BCUT2D eigenvalue weighted by Gasteiger charge is -2.16. The smallest absolute Gasteiger partial charge is 0.287 e. The van der Waals surface area contributed by atoms with E-state index in [2.05, 4.69) is 12.2 Å². The molecule has 0 heterocycles. The molecule has 104 valence electrons. The molecule has 0 aliphatic carbocycles. The third kappa shape index (κ3) is 4.21. The second-order valence-corrected chi connectivity index (χ2v) is 4.70. The SMILES string of the molecule is CCCC(CC)NC(=O)c1ccc([N+](=O)[O-])c(Cl)c1. The molecule has 0 saturated carbocycles. The molecule has 1 rings (SSSR count). The van der Waals surface area contributed by atoms with Crippen molar-refractivity contribution in [3.8, 4) is 0 Å². The summed E-state index contributed by atoms with van der Waals surface area (Å²) in [5.41, 5.74) is 0.143. The zero-order chi connectivity index (χ0) is 14.4. The molecule has 0 bridgehead atoms. The van der Waals surface area contributed by atoms with Gasteiger partial charge in [0.25, 0.3) is 11.6 Å². The van der Waals surface area contributed by atoms with Gasteiger partial charge in [0.1, 0.15) is 5.02 Å². The van der Waals surface area contributed by atoms with Crippen LogP contribution in [0.2, 0.25) is 5.02 Å². The number of carbonyl (C=O) groups is 1. The summed E-state index contributed by atoms with van der Waals surface area (Å²) in [5.74, 6) is -0.253. The van der Waals surface area contributed by atoms with Crippen LogP contribution in [0.25, 0.3) is 0 Å². The molecule has 0 aliphatic rings. The third-order valence-electron chi connectivity index (χ3n) is 2.87. The molecular weight excluding hydrogens is 268 g/mol. The van der Waals surface area contributed by atoms with E-state index >= 15 is 0 Å². The fraction of sp³-hybridized carbons (Fsp3) is 0.462. The average Bonchev–Trinajstić information content (AvgIpc) is 2.37. The Morgan fingerprint density at radius 1 is 1.47 bits per heavy atom. The highest BCUT2D eigenvalue weighted by Gasteiger charge is 2.16. The molecule has 0 spiro atoms. The fourth-order valence-electron chi connectivity index (χ4n) is 1.79. The molecule has 19 heavy (non-hydrogen) atoms. The van der Waals surface area contributed by atoms with E-state index in [4.69, 9.17) is 11.6 Å². The number of nitro groups is 1. The standard InChI is InChI=1S/C13H17ClN2O3/c1-3-5-10(4-2)15-13(17)9-6-7-12(16(18)19)11(14)8-9/h6-8,10H,3-5H2,1-2H3,(H,15,17). The van der Waals surface area contributed by atoms with Gasteiger partial charge in [0, 0.05) is 17.7 Å². The molecule has 1 aromatic rings. The third-order valence-corrected chi connectivity index (χ3v) is 3.17. The van der Waals surface area contributed by atoms with Gasteiger partial charge in [-0.15, -0.1) is 0 Å². The lowest BCUT2D eigenvalue weighted by molar-refractivity contribution is -0.384. The van der Waals surface area contributed by atoms with Crippen LogP contribution in [0.3, 0.4) is 0 Å². The molecular formula is C13H17ClN2O3. The van der Waals surface area contributed by atoms with Crippen molar-refractivity contribution in [3.63, 3.8) is 0 Å². The van der Waals surface area contributed by atoms with Gasteiger partial charge in [-0.1, -0.05) is 31.9 Å². The molecule has 0 saturated heterocycles. The van der Waals surface area contributed by atoms with Gasteiger partial charge < -0.3 is 5.32 Å². The Hall–Kier alpha value is -1.62. The number of rotatable bonds is 6. The summed E-state index contributed by atoms with van der Waals surface area (Å²) in [6.45, 7) is 4.06. The molecule has 5 nitrogen and oxygen atoms in total. The lowest BCUT2D eigenvalue weighted by Crippen LogP contribution is -2.34. The quantitative estimate of drug-likeness (QED) is 0.641. The Morgan fingerprint density at radius 2 is 2.16 bits per heavy atom. The van der Waals surface area contributed by atoms with Crippen LogP contribution >= 0.6 is 11.6 Å². The highest BCUT2D eigenvalue weighted by atomic mass is 35.5. The molecule has 0 radical (unpaired) electrons. The van der Waals surface area contributed by atoms with Gasteiger partial charge in [0.15, 0.2) is 0 Å². The van der Waals surface area contributed by atoms with Crippen LogP contribution in [0.15, 0.2) is 18.2 Å². The second kappa shape index (κ2) is 7.09. The maximum Gasteiger partial charge on any atom is 0.287 e. The number of hydrogen-bond donors (Lipinski definition) is 1. The van der Waals surface area contributed by atoms with Crippen LogP contribution in [0.1, 0.15) is 43.5 Å². The zero-order valence-corrected chi connectivity index (χ0v) is 11.7. The second-order valence-electron chi connectivity index (χ2n) is 4.29. The normalized spacial score (nSPS) is 11.9. The molecule has 1 aromatic carbocycles. The van der Waals surface area contributed by atoms with Gasteiger partial charge in [-0.2, -0.15) is 0 Å². The summed E-state index contributed by atoms with van der Waals surface area (Å²) in [6.07, 6.45) is 2.74. The molecule has 1 atom stereocenters. The lowest BCUT2D eigenvalue weighted by atomic mass is 10.1. The molecule has 0 fully saturated rings. The molecule has 1 amide bonds. The summed E-state index contributed by atoms with van der Waals surface area (Å²) < 4.78 is 0. The summed E-state index contributed by atoms with van der Waals surface area (Å²) in [4.78, 5) is 22.0. The first kappa shape index (κ1) is 15.4. The van der Waals surface area contributed by atoms with E-state index in [1.165, 1.54) is 18.2 Å². The van der Waals surface area contributed by atoms with E-state index in [1.807, 2.05) is 6.92 Å². The highest BCUT2D eigenvalue weighted by molar-refractivity contribution is 6.33. The van der Waals surface area contributed by atoms with Crippen LogP contribution in [0.5, 0.6) is 0 Å². The first-order valence-electron chi connectivity index (χ1n) is 6.24. The van der Waals surface area contributed by atoms with Gasteiger partial charge in [-0.3, -0.25) is 14.9 Å². The van der Waals surface area contributed by atoms with Crippen molar-refractivity contribution < 1.29 is 9.72 Å². The Bertz CT molecular complexity index is 477. The summed E-state index contributed by atoms with van der Waals surface area (Å²) in [5, 5.41) is 13.5. The highest BCUT2D eigenvalue weighted by Crippen LogP contribution is 2.25. The maximum atomic E-state index is 12.0. The van der Waals surface area contributed by atoms with Gasteiger partial charge in [0.2, 0.25) is 0 Å². The summed E-state index contributed by atoms with van der Waals surface area (Å²) in [6, 6.07) is 4.11. The minimum atomic E-state index is -0.573. The van der Waals surface area contributed by atoms with Gasteiger partial charge >= 0.3 is 0 Å². The summed E-state index contributed by atoms with van der Waals surface area (Å²) >= 11 is 5.78. The largest absolute Gasteiger partial charge is 0.349 e. The van der Waals surface area contributed by atoms with E-state index in [9.17, 15) is 14.9 Å². The minimum Gasteiger partial charge on any atom is -0.349 e. The first-order valence-corrected chi connectivity index (χ1v) is 6.62. The predicted octanol–water partition coefficient (Wildman–Crippen LogP) is 3.56. The van der Waals surface area contributed by atoms with Crippen molar-refractivity contribution in [2.75, 3.05) is 0 Å². The van der Waals surface area contributed by atoms with Crippen molar-refractivity contribution in [2.45, 2.75) is 39.2 Å². The number of hydrogen-bond acceptors (Lipinski definition) is 3. The first-order chi connectivity index (χ1) is 8.99. The van der Waals surface area contributed by atoms with Crippen molar-refractivity contribution in [1.82, 2.24) is 5.32 Å². The summed E-state index contributed by atoms with van der Waals surface area (Å²) in [7, 11) is 0. The Morgan fingerprint density at radius 3 is 2.63 bits per heavy atom. The Kier molecular flexibility index (Phi) is 5.76. The van der Waals surface area contributed by atoms with Crippen molar-refractivity contribution in [3.05, 3.63) is 38.9 Å². The van der Waals surface area contributed by atoms with Gasteiger partial charge in [-0.25, -0.2) is 0 Å². The van der Waals surface area contributed by atoms with Crippen LogP contribution < -0.4 is 5.32 Å². The monoisotopic (exact) mass is 284 g/mol. The minimum absolute atomic E-state index is 0.0267. The van der Waals surface area contributed by atoms with E-state index in [-0.39, 0.29) is 22.7 Å². The molecule has 6 heteroatoms. The average molecular weight is 285 g/mol. The van der Waals surface area contributed by atoms with Crippen molar-refractivity contribution in [1.29, 1.82) is 0 Å². The molecule has 0 aliphatic heterocycles. The number of nitrogens with zero attached hydrogens (tertiary/aromatic N) is 1. The van der Waals surface area contributed by atoms with Gasteiger partial charge in [-0.05, 0) is 25.0 Å². The van der Waals surface area contributed by atoms with E-state index in [0.29, 0.717) is 5.56 Å². The van der Waals surface area contributed by atoms with Crippen LogP contribution in [0, 0.1) is 10.1 Å². The van der Waals surface area contributed by atoms with Crippen LogP contribution in [-0.2, 0) is 0 Å². The number of nitro benzene ring substituents is 1. The predicted molar refractivity (Wildman–Crippen MR) is 74.6 cm³/mol. The van der Waals surface area contributed by atoms with E-state index < -0.39 is 4.92 Å². The molecule has 0 aromatic heterocycles. The van der Waals surface area contributed by atoms with Crippen LogP contribution in [-0.4, -0.2) is 16.9 Å². The number of nitrogens with one attached hydrogen (secondary N) is 1. The van der Waals surface area contributed by atoms with Crippen molar-refractivity contribution in [2.24, 2.45) is 0 Å². The van der Waals surface area contributed by atoms with E-state index in [1.54, 1.807) is 0 Å². The maximum absolute atomic E-state index is 12.0. The Balaban J connectivity index is 2.83. The van der Waals surface area contributed by atoms with Crippen LogP contribution in [0.4, 0.5) is 5.69 Å². The fourth-order valence-corrected chi connectivity index (χ4v) is 2.04. The topological polar surface area (TPSA) is 72.2 Å². The van der Waals surface area contributed by atoms with Crippen molar-refractivity contribution >= 4 is 23.2 Å². The number of benzene rings is 1. The number of halogens is 1. The number of amides is 1.